The lowest BCUT2D eigenvalue weighted by molar-refractivity contribution is -0.119. The first kappa shape index (κ1) is 23.2. The van der Waals surface area contributed by atoms with E-state index in [1.54, 1.807) is 24.5 Å². The molecule has 0 spiro atoms. The van der Waals surface area contributed by atoms with Crippen LogP contribution in [0.5, 0.6) is 5.75 Å². The highest BCUT2D eigenvalue weighted by atomic mass is 127. The van der Waals surface area contributed by atoms with E-state index in [1.165, 1.54) is 4.88 Å². The van der Waals surface area contributed by atoms with Gasteiger partial charge in [-0.2, -0.15) is 0 Å². The second-order valence-corrected chi connectivity index (χ2v) is 7.04. The molecular formula is C18H26IN5O2S. The van der Waals surface area contributed by atoms with Crippen molar-refractivity contribution in [3.63, 3.8) is 0 Å². The second kappa shape index (κ2) is 11.8. The fourth-order valence-electron chi connectivity index (χ4n) is 2.24. The summed E-state index contributed by atoms with van der Waals surface area (Å²) in [5.41, 5.74) is 7.21. The lowest BCUT2D eigenvalue weighted by Crippen LogP contribution is -2.37. The number of amides is 1. The molecule has 0 unspecified atom stereocenters. The highest BCUT2D eigenvalue weighted by molar-refractivity contribution is 14.0. The van der Waals surface area contributed by atoms with Crippen LogP contribution in [0, 0.1) is 13.8 Å². The number of hydrogen-bond donors (Lipinski definition) is 3. The van der Waals surface area contributed by atoms with Crippen molar-refractivity contribution in [3.8, 4) is 5.75 Å². The number of nitrogens with zero attached hydrogens (tertiary/aromatic N) is 2. The standard InChI is InChI=1S/C18H25N5O2S.HI/c1-12-13(2)26-17(23-12)7-8-21-18(20-3)22-10-14-5-4-6-15(9-14)25-11-16(19)24;/h4-6,9H,7-8,10-11H2,1-3H3,(H2,19,24)(H2,20,21,22);1H. The molecule has 148 valence electrons. The molecule has 0 aliphatic carbocycles. The maximum Gasteiger partial charge on any atom is 0.255 e. The van der Waals surface area contributed by atoms with Crippen molar-refractivity contribution in [3.05, 3.63) is 45.4 Å². The molecule has 9 heteroatoms. The van der Waals surface area contributed by atoms with E-state index in [9.17, 15) is 4.79 Å². The van der Waals surface area contributed by atoms with Crippen molar-refractivity contribution in [2.75, 3.05) is 20.2 Å². The van der Waals surface area contributed by atoms with E-state index in [-0.39, 0.29) is 30.6 Å². The van der Waals surface area contributed by atoms with E-state index >= 15 is 0 Å². The number of hydrogen-bond acceptors (Lipinski definition) is 5. The zero-order chi connectivity index (χ0) is 18.9. The maximum atomic E-state index is 10.8. The van der Waals surface area contributed by atoms with Gasteiger partial charge in [0, 0.05) is 31.4 Å². The fourth-order valence-corrected chi connectivity index (χ4v) is 3.17. The van der Waals surface area contributed by atoms with Gasteiger partial charge in [0.05, 0.1) is 10.7 Å². The van der Waals surface area contributed by atoms with Crippen LogP contribution >= 0.6 is 35.3 Å². The average molecular weight is 503 g/mol. The Hall–Kier alpha value is -1.88. The molecule has 1 aromatic heterocycles. The van der Waals surface area contributed by atoms with Crippen LogP contribution in [0.3, 0.4) is 0 Å². The number of carbonyl (C=O) groups excluding carboxylic acids is 1. The monoisotopic (exact) mass is 503 g/mol. The quantitative estimate of drug-likeness (QED) is 0.291. The number of benzene rings is 1. The zero-order valence-electron chi connectivity index (χ0n) is 15.7. The minimum Gasteiger partial charge on any atom is -0.484 e. The number of thiazole rings is 1. The average Bonchev–Trinajstić information content (AvgIpc) is 2.94. The number of nitrogens with one attached hydrogen (secondary N) is 2. The minimum absolute atomic E-state index is 0. The van der Waals surface area contributed by atoms with Crippen LogP contribution in [-0.2, 0) is 17.8 Å². The minimum atomic E-state index is -0.497. The third kappa shape index (κ3) is 8.12. The molecule has 2 aromatic rings. The first-order chi connectivity index (χ1) is 12.5. The van der Waals surface area contributed by atoms with Gasteiger partial charge in [0.1, 0.15) is 5.75 Å². The van der Waals surface area contributed by atoms with Gasteiger partial charge in [0.15, 0.2) is 12.6 Å². The van der Waals surface area contributed by atoms with Crippen LogP contribution in [0.25, 0.3) is 0 Å². The molecule has 0 aliphatic heterocycles. The van der Waals surface area contributed by atoms with E-state index in [0.29, 0.717) is 12.3 Å². The van der Waals surface area contributed by atoms with Crippen LogP contribution in [-0.4, -0.2) is 37.1 Å². The van der Waals surface area contributed by atoms with E-state index < -0.39 is 5.91 Å². The number of ether oxygens (including phenoxy) is 1. The highest BCUT2D eigenvalue weighted by Crippen LogP contribution is 2.16. The summed E-state index contributed by atoms with van der Waals surface area (Å²) >= 11 is 1.73. The van der Waals surface area contributed by atoms with Gasteiger partial charge in [0.2, 0.25) is 0 Å². The van der Waals surface area contributed by atoms with Crippen LogP contribution in [0.2, 0.25) is 0 Å². The van der Waals surface area contributed by atoms with Gasteiger partial charge < -0.3 is 21.1 Å². The number of rotatable bonds is 8. The molecule has 1 heterocycles. The van der Waals surface area contributed by atoms with E-state index in [1.807, 2.05) is 25.1 Å². The lowest BCUT2D eigenvalue weighted by Gasteiger charge is -2.12. The molecule has 0 radical (unpaired) electrons. The van der Waals surface area contributed by atoms with Crippen LogP contribution in [0.15, 0.2) is 29.3 Å². The van der Waals surface area contributed by atoms with Crippen molar-refractivity contribution in [1.82, 2.24) is 15.6 Å². The molecule has 0 fully saturated rings. The third-order valence-electron chi connectivity index (χ3n) is 3.67. The number of halogens is 1. The summed E-state index contributed by atoms with van der Waals surface area (Å²) in [6.07, 6.45) is 0.858. The molecular weight excluding hydrogens is 477 g/mol. The summed E-state index contributed by atoms with van der Waals surface area (Å²) < 4.78 is 5.31. The predicted octanol–water partition coefficient (Wildman–Crippen LogP) is 2.15. The van der Waals surface area contributed by atoms with E-state index in [2.05, 4.69) is 27.5 Å². The summed E-state index contributed by atoms with van der Waals surface area (Å²) in [6, 6.07) is 7.50. The number of aryl methyl sites for hydroxylation is 2. The second-order valence-electron chi connectivity index (χ2n) is 5.75. The lowest BCUT2D eigenvalue weighted by atomic mass is 10.2. The summed E-state index contributed by atoms with van der Waals surface area (Å²) in [5.74, 6) is 0.836. The first-order valence-electron chi connectivity index (χ1n) is 8.35. The molecule has 0 atom stereocenters. The molecule has 0 bridgehead atoms. The van der Waals surface area contributed by atoms with Gasteiger partial charge in [-0.1, -0.05) is 12.1 Å². The van der Waals surface area contributed by atoms with Crippen LogP contribution in [0.4, 0.5) is 0 Å². The predicted molar refractivity (Wildman–Crippen MR) is 120 cm³/mol. The Kier molecular flexibility index (Phi) is 10.1. The topological polar surface area (TPSA) is 102 Å². The normalized spacial score (nSPS) is 10.9. The van der Waals surface area contributed by atoms with Gasteiger partial charge in [0.25, 0.3) is 5.91 Å². The molecule has 1 aromatic carbocycles. The molecule has 27 heavy (non-hydrogen) atoms. The molecule has 1 amide bonds. The number of primary amides is 1. The number of guanidine groups is 1. The van der Waals surface area contributed by atoms with Gasteiger partial charge in [-0.25, -0.2) is 4.98 Å². The fraction of sp³-hybridized carbons (Fsp3) is 0.389. The first-order valence-corrected chi connectivity index (χ1v) is 9.17. The highest BCUT2D eigenvalue weighted by Gasteiger charge is 2.05. The smallest absolute Gasteiger partial charge is 0.255 e. The molecule has 2 rings (SSSR count). The largest absolute Gasteiger partial charge is 0.484 e. The van der Waals surface area contributed by atoms with Crippen molar-refractivity contribution >= 4 is 47.2 Å². The zero-order valence-corrected chi connectivity index (χ0v) is 18.9. The Balaban J connectivity index is 0.00000364. The Labute approximate surface area is 180 Å². The van der Waals surface area contributed by atoms with Crippen molar-refractivity contribution in [2.24, 2.45) is 10.7 Å². The maximum absolute atomic E-state index is 10.8. The summed E-state index contributed by atoms with van der Waals surface area (Å²) in [7, 11) is 1.74. The van der Waals surface area contributed by atoms with Gasteiger partial charge >= 0.3 is 0 Å². The Bertz CT molecular complexity index is 759. The van der Waals surface area contributed by atoms with Gasteiger partial charge in [-0.05, 0) is 31.5 Å². The van der Waals surface area contributed by atoms with E-state index in [4.69, 9.17) is 10.5 Å². The molecule has 4 N–H and O–H groups in total. The Morgan fingerprint density at radius 3 is 2.74 bits per heavy atom. The number of carbonyl (C=O) groups is 1. The number of aliphatic imine (C=N–C) groups is 1. The van der Waals surface area contributed by atoms with Crippen molar-refractivity contribution in [1.29, 1.82) is 0 Å². The molecule has 7 nitrogen and oxygen atoms in total. The summed E-state index contributed by atoms with van der Waals surface area (Å²) in [6.45, 7) is 5.34. The number of nitrogens with two attached hydrogens (primary N) is 1. The van der Waals surface area contributed by atoms with Crippen molar-refractivity contribution in [2.45, 2.75) is 26.8 Å². The van der Waals surface area contributed by atoms with Crippen LogP contribution in [0.1, 0.15) is 21.1 Å². The summed E-state index contributed by atoms with van der Waals surface area (Å²) in [4.78, 5) is 20.8. The Morgan fingerprint density at radius 2 is 2.11 bits per heavy atom. The summed E-state index contributed by atoms with van der Waals surface area (Å²) in [5, 5.41) is 7.67. The van der Waals surface area contributed by atoms with Crippen LogP contribution < -0.4 is 21.1 Å². The molecule has 0 aliphatic rings. The molecule has 0 saturated carbocycles. The molecule has 0 saturated heterocycles. The van der Waals surface area contributed by atoms with Crippen molar-refractivity contribution < 1.29 is 9.53 Å². The third-order valence-corrected chi connectivity index (χ3v) is 4.80. The van der Waals surface area contributed by atoms with Gasteiger partial charge in [-0.15, -0.1) is 35.3 Å². The Morgan fingerprint density at radius 1 is 1.33 bits per heavy atom. The number of aromatic nitrogens is 1. The SMILES string of the molecule is CN=C(NCCc1nc(C)c(C)s1)NCc1cccc(OCC(N)=O)c1.I. The van der Waals surface area contributed by atoms with Gasteiger partial charge in [-0.3, -0.25) is 9.79 Å². The van der Waals surface area contributed by atoms with E-state index in [0.717, 1.165) is 35.2 Å².